The van der Waals surface area contributed by atoms with Gasteiger partial charge >= 0.3 is 0 Å². The van der Waals surface area contributed by atoms with Crippen molar-refractivity contribution in [3.05, 3.63) is 23.9 Å². The third kappa shape index (κ3) is 2.69. The van der Waals surface area contributed by atoms with Gasteiger partial charge in [-0.3, -0.25) is 0 Å². The summed E-state index contributed by atoms with van der Waals surface area (Å²) in [6.07, 6.45) is 3.39. The Morgan fingerprint density at radius 3 is 2.25 bits per heavy atom. The van der Waals surface area contributed by atoms with Gasteiger partial charge in [0.15, 0.2) is 0 Å². The highest BCUT2D eigenvalue weighted by Crippen LogP contribution is 2.02. The first-order valence-electron chi connectivity index (χ1n) is 2.34. The zero-order chi connectivity index (χ0) is 6.57. The number of nitrogens with zero attached hydrogens (tertiary/aromatic N) is 1. The molecule has 1 nitrogen and oxygen atoms in total. The summed E-state index contributed by atoms with van der Waals surface area (Å²) in [6, 6.07) is 0. The minimum atomic E-state index is 0.694. The van der Waals surface area contributed by atoms with Gasteiger partial charge in [-0.25, -0.2) is 0 Å². The quantitative estimate of drug-likeness (QED) is 0.408. The number of allylic oxidation sites excluding steroid dienone is 2. The first kappa shape index (κ1) is 7.57. The maximum atomic E-state index is 5.63. The van der Waals surface area contributed by atoms with Crippen LogP contribution < -0.4 is 0 Å². The fourth-order valence-electron chi connectivity index (χ4n) is 0.246. The third-order valence-corrected chi connectivity index (χ3v) is 1.15. The van der Waals surface area contributed by atoms with Gasteiger partial charge in [0.25, 0.3) is 0 Å². The van der Waals surface area contributed by atoms with Crippen molar-refractivity contribution in [2.45, 2.75) is 0 Å². The first-order chi connectivity index (χ1) is 3.68. The number of hydrogen-bond donors (Lipinski definition) is 0. The fraction of sp³-hybridized carbons (Fsp3) is 0.333. The summed E-state index contributed by atoms with van der Waals surface area (Å²) < 4.78 is 0. The molecule has 0 saturated heterocycles. The van der Waals surface area contributed by atoms with E-state index in [1.807, 2.05) is 19.0 Å². The van der Waals surface area contributed by atoms with Gasteiger partial charge in [-0.2, -0.15) is 0 Å². The lowest BCUT2D eigenvalue weighted by atomic mass is 10.6. The number of rotatable bonds is 2. The van der Waals surface area contributed by atoms with E-state index in [-0.39, 0.29) is 0 Å². The molecule has 0 fully saturated rings. The molecule has 0 radical (unpaired) electrons. The van der Waals surface area contributed by atoms with Crippen LogP contribution in [0.1, 0.15) is 0 Å². The van der Waals surface area contributed by atoms with Crippen molar-refractivity contribution in [1.82, 2.24) is 4.90 Å². The van der Waals surface area contributed by atoms with Crippen molar-refractivity contribution in [2.75, 3.05) is 14.1 Å². The summed E-state index contributed by atoms with van der Waals surface area (Å²) in [5.74, 6) is 0. The summed E-state index contributed by atoms with van der Waals surface area (Å²) in [5, 5.41) is 0.694. The Kier molecular flexibility index (Phi) is 3.37. The van der Waals surface area contributed by atoms with E-state index in [4.69, 9.17) is 11.6 Å². The predicted molar refractivity (Wildman–Crippen MR) is 37.8 cm³/mol. The van der Waals surface area contributed by atoms with E-state index in [1.165, 1.54) is 0 Å². The van der Waals surface area contributed by atoms with Crippen molar-refractivity contribution < 1.29 is 0 Å². The molecule has 0 bridgehead atoms. The van der Waals surface area contributed by atoms with E-state index >= 15 is 0 Å². The maximum Gasteiger partial charge on any atom is 0.104 e. The molecule has 0 aliphatic rings. The van der Waals surface area contributed by atoms with E-state index < -0.39 is 0 Å². The van der Waals surface area contributed by atoms with Crippen LogP contribution in [0.25, 0.3) is 0 Å². The molecule has 0 saturated carbocycles. The highest BCUT2D eigenvalue weighted by Gasteiger charge is 1.87. The summed E-state index contributed by atoms with van der Waals surface area (Å²) in [4.78, 5) is 1.81. The Labute approximate surface area is 55.2 Å². The van der Waals surface area contributed by atoms with Crippen molar-refractivity contribution >= 4 is 11.6 Å². The topological polar surface area (TPSA) is 3.24 Å². The van der Waals surface area contributed by atoms with Gasteiger partial charge in [0, 0.05) is 14.1 Å². The number of halogens is 1. The van der Waals surface area contributed by atoms with E-state index in [1.54, 1.807) is 12.2 Å². The molecular weight excluding hydrogens is 122 g/mol. The molecule has 0 unspecified atom stereocenters. The molecule has 0 rings (SSSR count). The second-order valence-corrected chi connectivity index (χ2v) is 2.01. The summed E-state index contributed by atoms with van der Waals surface area (Å²) in [7, 11) is 3.75. The Balaban J connectivity index is 3.78. The standard InChI is InChI=1S/C6H10ClN/c1-4-5-6(7)8(2)3/h4-5H,1H2,2-3H3/b6-5-. The molecular formula is C6H10ClN. The van der Waals surface area contributed by atoms with E-state index in [9.17, 15) is 0 Å². The van der Waals surface area contributed by atoms with Gasteiger partial charge in [0.1, 0.15) is 5.16 Å². The molecule has 2 heteroatoms. The molecule has 0 aromatic carbocycles. The van der Waals surface area contributed by atoms with Crippen LogP contribution in [0.15, 0.2) is 23.9 Å². The van der Waals surface area contributed by atoms with Crippen molar-refractivity contribution in [2.24, 2.45) is 0 Å². The van der Waals surface area contributed by atoms with Crippen LogP contribution in [0.3, 0.4) is 0 Å². The summed E-state index contributed by atoms with van der Waals surface area (Å²) in [6.45, 7) is 3.50. The normalized spacial score (nSPS) is 11.1. The third-order valence-electron chi connectivity index (χ3n) is 0.683. The summed E-state index contributed by atoms with van der Waals surface area (Å²) in [5.41, 5.74) is 0. The molecule has 0 atom stereocenters. The zero-order valence-electron chi connectivity index (χ0n) is 5.19. The van der Waals surface area contributed by atoms with Gasteiger partial charge in [-0.1, -0.05) is 24.3 Å². The van der Waals surface area contributed by atoms with Crippen LogP contribution in [0.2, 0.25) is 0 Å². The van der Waals surface area contributed by atoms with Crippen molar-refractivity contribution in [3.8, 4) is 0 Å². The molecule has 0 heterocycles. The average molecular weight is 132 g/mol. The fourth-order valence-corrected chi connectivity index (χ4v) is 0.335. The largest absolute Gasteiger partial charge is 0.368 e. The number of hydrogen-bond acceptors (Lipinski definition) is 1. The Morgan fingerprint density at radius 1 is 1.62 bits per heavy atom. The maximum absolute atomic E-state index is 5.63. The van der Waals surface area contributed by atoms with Crippen LogP contribution >= 0.6 is 11.6 Å². The Morgan fingerprint density at radius 2 is 2.12 bits per heavy atom. The second kappa shape index (κ2) is 3.56. The minimum Gasteiger partial charge on any atom is -0.368 e. The molecule has 0 amide bonds. The molecule has 46 valence electrons. The van der Waals surface area contributed by atoms with Gasteiger partial charge < -0.3 is 4.90 Å². The van der Waals surface area contributed by atoms with Crippen LogP contribution in [0.4, 0.5) is 0 Å². The van der Waals surface area contributed by atoms with Gasteiger partial charge in [0.2, 0.25) is 0 Å². The molecule has 0 spiro atoms. The molecule has 0 aromatic heterocycles. The molecule has 0 aliphatic carbocycles. The predicted octanol–water partition coefficient (Wildman–Crippen LogP) is 1.81. The Bertz CT molecular complexity index is 105. The van der Waals surface area contributed by atoms with E-state index in [0.717, 1.165) is 0 Å². The lowest BCUT2D eigenvalue weighted by Crippen LogP contribution is -2.05. The minimum absolute atomic E-state index is 0.694. The van der Waals surface area contributed by atoms with Crippen LogP contribution in [-0.4, -0.2) is 19.0 Å². The van der Waals surface area contributed by atoms with Crippen molar-refractivity contribution in [3.63, 3.8) is 0 Å². The van der Waals surface area contributed by atoms with E-state index in [0.29, 0.717) is 5.16 Å². The molecule has 0 aromatic rings. The van der Waals surface area contributed by atoms with Crippen LogP contribution in [0.5, 0.6) is 0 Å². The lowest BCUT2D eigenvalue weighted by molar-refractivity contribution is 0.547. The van der Waals surface area contributed by atoms with Gasteiger partial charge in [0.05, 0.1) is 0 Å². The molecule has 8 heavy (non-hydrogen) atoms. The summed E-state index contributed by atoms with van der Waals surface area (Å²) >= 11 is 5.63. The van der Waals surface area contributed by atoms with Crippen LogP contribution in [-0.2, 0) is 0 Å². The monoisotopic (exact) mass is 131 g/mol. The SMILES string of the molecule is C=C/C=C(/Cl)N(C)C. The Hall–Kier alpha value is -0.430. The first-order valence-corrected chi connectivity index (χ1v) is 2.72. The van der Waals surface area contributed by atoms with Gasteiger partial charge in [-0.15, -0.1) is 0 Å². The van der Waals surface area contributed by atoms with Crippen LogP contribution in [0, 0.1) is 0 Å². The van der Waals surface area contributed by atoms with Crippen molar-refractivity contribution in [1.29, 1.82) is 0 Å². The molecule has 0 N–H and O–H groups in total. The molecule has 0 aliphatic heterocycles. The second-order valence-electron chi connectivity index (χ2n) is 1.62. The lowest BCUT2D eigenvalue weighted by Gasteiger charge is -2.07. The zero-order valence-corrected chi connectivity index (χ0v) is 5.94. The van der Waals surface area contributed by atoms with E-state index in [2.05, 4.69) is 6.58 Å². The highest BCUT2D eigenvalue weighted by molar-refractivity contribution is 6.29. The smallest absolute Gasteiger partial charge is 0.104 e. The highest BCUT2D eigenvalue weighted by atomic mass is 35.5. The average Bonchev–Trinajstić information content (AvgIpc) is 1.67. The van der Waals surface area contributed by atoms with Gasteiger partial charge in [-0.05, 0) is 6.08 Å².